The number of nitrogens with zero attached hydrogens (tertiary/aromatic N) is 1. The maximum atomic E-state index is 12.9. The second-order valence-corrected chi connectivity index (χ2v) is 9.87. The first-order chi connectivity index (χ1) is 18.7. The number of nitrogens with one attached hydrogen (secondary N) is 1. The zero-order chi connectivity index (χ0) is 28.1. The predicted octanol–water partition coefficient (Wildman–Crippen LogP) is 2.50. The molecule has 2 amide bonds. The first kappa shape index (κ1) is 28.6. The highest BCUT2D eigenvalue weighted by atomic mass is 35.5. The summed E-state index contributed by atoms with van der Waals surface area (Å²) < 4.78 is 16.3. The molecule has 2 aromatic rings. The highest BCUT2D eigenvalue weighted by Gasteiger charge is 2.46. The summed E-state index contributed by atoms with van der Waals surface area (Å²) in [5, 5.41) is 22.4. The summed E-state index contributed by atoms with van der Waals surface area (Å²) in [6.07, 6.45) is -2.04. The third kappa shape index (κ3) is 6.80. The van der Waals surface area contributed by atoms with Gasteiger partial charge in [0, 0.05) is 28.6 Å². The Labute approximate surface area is 233 Å². The van der Waals surface area contributed by atoms with E-state index in [1.807, 2.05) is 0 Å². The van der Waals surface area contributed by atoms with Crippen molar-refractivity contribution in [2.24, 2.45) is 0 Å². The number of hydrogen-bond donors (Lipinski definition) is 3. The van der Waals surface area contributed by atoms with Crippen molar-refractivity contribution < 1.29 is 43.6 Å². The average molecular weight is 581 g/mol. The molecule has 4 atom stereocenters. The molecule has 0 spiro atoms. The van der Waals surface area contributed by atoms with Gasteiger partial charge in [-0.15, -0.1) is 0 Å². The summed E-state index contributed by atoms with van der Waals surface area (Å²) in [4.78, 5) is 50.4. The van der Waals surface area contributed by atoms with Crippen LogP contribution in [0, 0.1) is 0 Å². The Hall–Kier alpha value is -3.38. The molecule has 11 nitrogen and oxygen atoms in total. The van der Waals surface area contributed by atoms with Gasteiger partial charge in [0.05, 0.1) is 0 Å². The summed E-state index contributed by atoms with van der Waals surface area (Å²) in [6, 6.07) is 9.42. The van der Waals surface area contributed by atoms with Gasteiger partial charge in [0.1, 0.15) is 31.2 Å². The number of carboxylic acid groups (broad SMARTS) is 2. The minimum atomic E-state index is -1.41. The summed E-state index contributed by atoms with van der Waals surface area (Å²) in [7, 11) is 0. The Morgan fingerprint density at radius 2 is 1.69 bits per heavy atom. The lowest BCUT2D eigenvalue weighted by atomic mass is 10.0. The molecule has 0 aromatic heterocycles. The second-order valence-electron chi connectivity index (χ2n) is 9.06. The molecule has 2 saturated heterocycles. The first-order valence-corrected chi connectivity index (χ1v) is 12.9. The fourth-order valence-electron chi connectivity index (χ4n) is 4.46. The number of ether oxygens (including phenoxy) is 3. The molecule has 13 heteroatoms. The van der Waals surface area contributed by atoms with Crippen LogP contribution in [-0.4, -0.2) is 76.5 Å². The largest absolute Gasteiger partial charge is 0.489 e. The van der Waals surface area contributed by atoms with E-state index in [4.69, 9.17) is 37.4 Å². The molecule has 2 aromatic carbocycles. The van der Waals surface area contributed by atoms with E-state index in [9.17, 15) is 29.4 Å². The van der Waals surface area contributed by atoms with Crippen LogP contribution in [0.2, 0.25) is 10.0 Å². The molecular formula is C26H26Cl2N2O9. The minimum Gasteiger partial charge on any atom is -0.489 e. The van der Waals surface area contributed by atoms with Gasteiger partial charge in [-0.1, -0.05) is 41.4 Å². The lowest BCUT2D eigenvalue weighted by Gasteiger charge is -2.26. The van der Waals surface area contributed by atoms with Gasteiger partial charge < -0.3 is 34.6 Å². The van der Waals surface area contributed by atoms with E-state index in [-0.39, 0.29) is 26.4 Å². The smallest absolute Gasteiger partial charge is 0.326 e. The topological polar surface area (TPSA) is 152 Å². The maximum Gasteiger partial charge on any atom is 0.326 e. The number of benzene rings is 2. The van der Waals surface area contributed by atoms with E-state index >= 15 is 0 Å². The number of carbonyl (C=O) groups excluding carboxylic acids is 2. The summed E-state index contributed by atoms with van der Waals surface area (Å²) >= 11 is 12.3. The Morgan fingerprint density at radius 1 is 1.03 bits per heavy atom. The van der Waals surface area contributed by atoms with Crippen LogP contribution in [0.3, 0.4) is 0 Å². The fourth-order valence-corrected chi connectivity index (χ4v) is 4.97. The lowest BCUT2D eigenvalue weighted by molar-refractivity contribution is -0.153. The van der Waals surface area contributed by atoms with Gasteiger partial charge in [-0.05, 0) is 42.7 Å². The molecular weight excluding hydrogens is 555 g/mol. The second kappa shape index (κ2) is 12.6. The van der Waals surface area contributed by atoms with Gasteiger partial charge in [-0.25, -0.2) is 9.59 Å². The number of hydrogen-bond acceptors (Lipinski definition) is 7. The SMILES string of the molecule is O=C(O)C(Cc1ccc(OCc2c(Cl)cccc2Cl)cc1)NC(=O)C1OCOC1C(=O)N1CCCC1C(=O)O. The standard InChI is InChI=1S/C26H26Cl2N2O9/c27-17-3-1-4-18(28)16(17)12-37-15-8-6-14(7-9-15)11-19(25(33)34)29-23(31)21-22(39-13-38-21)24(32)30-10-2-5-20(30)26(35)36/h1,3-4,6-9,19-22H,2,5,10-13H2,(H,29,31)(H,33,34)(H,35,36). The number of aliphatic carboxylic acids is 2. The Bertz CT molecular complexity index is 1220. The van der Waals surface area contributed by atoms with Crippen LogP contribution in [0.1, 0.15) is 24.0 Å². The molecule has 4 unspecified atom stereocenters. The van der Waals surface area contributed by atoms with E-state index in [1.165, 1.54) is 0 Å². The van der Waals surface area contributed by atoms with Gasteiger partial charge in [-0.2, -0.15) is 0 Å². The van der Waals surface area contributed by atoms with Crippen molar-refractivity contribution in [3.63, 3.8) is 0 Å². The van der Waals surface area contributed by atoms with Crippen molar-refractivity contribution in [3.05, 3.63) is 63.6 Å². The van der Waals surface area contributed by atoms with E-state index in [0.717, 1.165) is 4.90 Å². The molecule has 2 heterocycles. The molecule has 3 N–H and O–H groups in total. The third-order valence-corrected chi connectivity index (χ3v) is 7.22. The Kier molecular flexibility index (Phi) is 9.28. The fraction of sp³-hybridized carbons (Fsp3) is 0.385. The molecule has 208 valence electrons. The number of rotatable bonds is 10. The van der Waals surface area contributed by atoms with Crippen LogP contribution < -0.4 is 10.1 Å². The van der Waals surface area contributed by atoms with Crippen LogP contribution >= 0.6 is 23.2 Å². The van der Waals surface area contributed by atoms with E-state index in [1.54, 1.807) is 42.5 Å². The number of halogens is 2. The third-order valence-electron chi connectivity index (χ3n) is 6.52. The van der Waals surface area contributed by atoms with Gasteiger partial charge in [-0.3, -0.25) is 9.59 Å². The molecule has 0 saturated carbocycles. The molecule has 0 radical (unpaired) electrons. The van der Waals surface area contributed by atoms with Crippen molar-refractivity contribution >= 4 is 47.0 Å². The van der Waals surface area contributed by atoms with Crippen molar-refractivity contribution in [1.82, 2.24) is 10.2 Å². The van der Waals surface area contributed by atoms with E-state index in [2.05, 4.69) is 5.32 Å². The molecule has 0 aliphatic carbocycles. The van der Waals surface area contributed by atoms with Crippen LogP contribution in [0.15, 0.2) is 42.5 Å². The van der Waals surface area contributed by atoms with Crippen molar-refractivity contribution in [1.29, 1.82) is 0 Å². The Morgan fingerprint density at radius 3 is 2.33 bits per heavy atom. The van der Waals surface area contributed by atoms with Crippen LogP contribution in [0.25, 0.3) is 0 Å². The maximum absolute atomic E-state index is 12.9. The van der Waals surface area contributed by atoms with Crippen molar-refractivity contribution in [2.75, 3.05) is 13.3 Å². The highest BCUT2D eigenvalue weighted by molar-refractivity contribution is 6.35. The zero-order valence-corrected chi connectivity index (χ0v) is 22.1. The average Bonchev–Trinajstić information content (AvgIpc) is 3.59. The van der Waals surface area contributed by atoms with E-state index in [0.29, 0.717) is 39.8 Å². The normalized spacial score (nSPS) is 21.4. The summed E-state index contributed by atoms with van der Waals surface area (Å²) in [5.74, 6) is -3.45. The van der Waals surface area contributed by atoms with Crippen molar-refractivity contribution in [3.8, 4) is 5.75 Å². The number of carboxylic acids is 2. The van der Waals surface area contributed by atoms with Crippen LogP contribution in [0.5, 0.6) is 5.75 Å². The summed E-state index contributed by atoms with van der Waals surface area (Å²) in [5.41, 5.74) is 1.24. The lowest BCUT2D eigenvalue weighted by Crippen LogP contribution is -2.54. The monoisotopic (exact) mass is 580 g/mol. The van der Waals surface area contributed by atoms with Crippen LogP contribution in [0.4, 0.5) is 0 Å². The van der Waals surface area contributed by atoms with Gasteiger partial charge in [0.25, 0.3) is 11.8 Å². The molecule has 2 fully saturated rings. The number of carbonyl (C=O) groups is 4. The molecule has 2 aliphatic heterocycles. The number of amides is 2. The van der Waals surface area contributed by atoms with Crippen LogP contribution in [-0.2, 0) is 41.7 Å². The highest BCUT2D eigenvalue weighted by Crippen LogP contribution is 2.26. The van der Waals surface area contributed by atoms with E-state index < -0.39 is 48.0 Å². The van der Waals surface area contributed by atoms with Crippen molar-refractivity contribution in [2.45, 2.75) is 50.2 Å². The van der Waals surface area contributed by atoms with Gasteiger partial charge >= 0.3 is 11.9 Å². The summed E-state index contributed by atoms with van der Waals surface area (Å²) in [6.45, 7) is -0.00872. The number of likely N-dealkylation sites (tertiary alicyclic amines) is 1. The molecule has 0 bridgehead atoms. The first-order valence-electron chi connectivity index (χ1n) is 12.1. The molecule has 2 aliphatic rings. The van der Waals surface area contributed by atoms with Gasteiger partial charge in [0.15, 0.2) is 12.2 Å². The quantitative estimate of drug-likeness (QED) is 0.384. The predicted molar refractivity (Wildman–Crippen MR) is 137 cm³/mol. The Balaban J connectivity index is 1.36. The zero-order valence-electron chi connectivity index (χ0n) is 20.5. The molecule has 4 rings (SSSR count). The minimum absolute atomic E-state index is 0.0584. The molecule has 39 heavy (non-hydrogen) atoms. The van der Waals surface area contributed by atoms with Gasteiger partial charge in [0.2, 0.25) is 0 Å².